The summed E-state index contributed by atoms with van der Waals surface area (Å²) in [6.07, 6.45) is 1.41. The Morgan fingerprint density at radius 3 is 0.754 bits per heavy atom. The van der Waals surface area contributed by atoms with Gasteiger partial charge in [-0.1, -0.05) is 61.7 Å². The number of aliphatic hydroxyl groups excluding tert-OH is 1. The zero-order valence-electron chi connectivity index (χ0n) is 65.5. The minimum absolute atomic E-state index is 0.0346. The molecule has 2 atom stereocenters. The Kier molecular flexibility index (Phi) is 41.5. The van der Waals surface area contributed by atoms with E-state index in [2.05, 4.69) is 13.2 Å². The molecule has 0 spiro atoms. The predicted octanol–water partition coefficient (Wildman–Crippen LogP) is 11.4. The molecule has 0 aliphatic rings. The number of benzene rings is 8. The van der Waals surface area contributed by atoms with Gasteiger partial charge in [0.2, 0.25) is 0 Å². The van der Waals surface area contributed by atoms with Crippen molar-refractivity contribution in [3.05, 3.63) is 253 Å². The third-order valence-corrected chi connectivity index (χ3v) is 16.5. The third-order valence-electron chi connectivity index (χ3n) is 16.5. The Morgan fingerprint density at radius 1 is 0.263 bits per heavy atom. The van der Waals surface area contributed by atoms with Gasteiger partial charge >= 0.3 is 47.8 Å². The van der Waals surface area contributed by atoms with E-state index < -0.39 is 60.0 Å². The quantitative estimate of drug-likeness (QED) is 0.0122. The van der Waals surface area contributed by atoms with Crippen molar-refractivity contribution in [1.29, 1.82) is 0 Å². The van der Waals surface area contributed by atoms with Gasteiger partial charge in [-0.2, -0.15) is 0 Å². The lowest BCUT2D eigenvalue weighted by atomic mass is 10.0. The molecule has 0 aliphatic carbocycles. The number of rotatable bonds is 57. The second-order valence-electron chi connectivity index (χ2n) is 25.0. The molecule has 0 saturated heterocycles. The van der Waals surface area contributed by atoms with E-state index >= 15 is 0 Å². The molecular formula is C89H96O29. The fourth-order valence-electron chi connectivity index (χ4n) is 10.3. The standard InChI is InChI=1S/C89H96O29/c1-4-82(91)111-60-53-104-47-44-101-50-57-108-75-26-18-71(19-27-75)86(95)117-79-34-22-73(23-35-79)88(97)115-77-30-14-67(15-31-77)65-6-10-69(11-7-65)84(93)113-62-55-106-43-42-100-41-40-99-39-38-81(64(3)90)110-59-52-103-46-49-107-56-63-114-85(94)70-12-8-66(9-13-70)68-16-32-78(33-17-68)116-89(98)74-24-36-80(37-25-74)118-87(96)72-20-28-76(29-21-72)109-58-51-102-45-48-105-54-61-112-83(92)5-2/h4-37,64,81,90H,1-2,38-63H2,3H3. The Balaban J connectivity index is 0.575. The van der Waals surface area contributed by atoms with Crippen molar-refractivity contribution in [2.75, 3.05) is 165 Å². The highest BCUT2D eigenvalue weighted by Gasteiger charge is 2.19. The maximum atomic E-state index is 13.0. The van der Waals surface area contributed by atoms with Crippen molar-refractivity contribution < 1.29 is 138 Å². The molecule has 8 rings (SSSR count). The van der Waals surface area contributed by atoms with E-state index in [1.54, 1.807) is 153 Å². The van der Waals surface area contributed by atoms with Crippen LogP contribution in [0.15, 0.2) is 219 Å². The molecule has 626 valence electrons. The number of esters is 8. The number of carbonyl (C=O) groups excluding carboxylic acids is 8. The van der Waals surface area contributed by atoms with Crippen LogP contribution >= 0.6 is 0 Å². The van der Waals surface area contributed by atoms with E-state index in [9.17, 15) is 43.5 Å². The van der Waals surface area contributed by atoms with Gasteiger partial charge in [-0.3, -0.25) is 0 Å². The second-order valence-corrected chi connectivity index (χ2v) is 25.0. The van der Waals surface area contributed by atoms with E-state index in [1.807, 2.05) is 0 Å². The van der Waals surface area contributed by atoms with Crippen molar-refractivity contribution in [3.63, 3.8) is 0 Å². The first kappa shape index (κ1) is 91.7. The molecule has 8 aromatic carbocycles. The van der Waals surface area contributed by atoms with Gasteiger partial charge in [0.05, 0.1) is 165 Å². The van der Waals surface area contributed by atoms with Crippen LogP contribution in [-0.4, -0.2) is 230 Å². The number of hydrogen-bond acceptors (Lipinski definition) is 29. The van der Waals surface area contributed by atoms with Crippen molar-refractivity contribution in [2.45, 2.75) is 25.6 Å². The van der Waals surface area contributed by atoms with Crippen LogP contribution in [0.4, 0.5) is 0 Å². The minimum Gasteiger partial charge on any atom is -0.491 e. The first-order valence-electron chi connectivity index (χ1n) is 38.0. The summed E-state index contributed by atoms with van der Waals surface area (Å²) in [5.41, 5.74) is 5.06. The fraction of sp³-hybridized carbons (Fsp3) is 0.326. The minimum atomic E-state index is -0.738. The van der Waals surface area contributed by atoms with Crippen LogP contribution in [0.3, 0.4) is 0 Å². The number of ether oxygens (including phenoxy) is 20. The zero-order valence-corrected chi connectivity index (χ0v) is 65.5. The molecule has 0 bridgehead atoms. The molecule has 1 N–H and O–H groups in total. The molecule has 0 aliphatic heterocycles. The Labute approximate surface area is 683 Å². The molecule has 0 saturated carbocycles. The summed E-state index contributed by atoms with van der Waals surface area (Å²) < 4.78 is 109. The first-order chi connectivity index (χ1) is 57.6. The lowest BCUT2D eigenvalue weighted by Gasteiger charge is -2.20. The number of aliphatic hydroxyl groups is 1. The Hall–Kier alpha value is -11.8. The van der Waals surface area contributed by atoms with Crippen LogP contribution in [0.1, 0.15) is 75.5 Å². The highest BCUT2D eigenvalue weighted by molar-refractivity contribution is 5.95. The van der Waals surface area contributed by atoms with E-state index in [-0.39, 0.29) is 122 Å². The lowest BCUT2D eigenvalue weighted by molar-refractivity contribution is -0.140. The van der Waals surface area contributed by atoms with Crippen LogP contribution in [0.5, 0.6) is 34.5 Å². The molecule has 0 radical (unpaired) electrons. The molecule has 8 aromatic rings. The van der Waals surface area contributed by atoms with Gasteiger partial charge in [0.25, 0.3) is 0 Å². The average Bonchev–Trinajstić information content (AvgIpc) is 0.842. The fourth-order valence-corrected chi connectivity index (χ4v) is 10.3. The monoisotopic (exact) mass is 1630 g/mol. The molecule has 0 amide bonds. The summed E-state index contributed by atoms with van der Waals surface area (Å²) in [4.78, 5) is 99.1. The number of hydrogen-bond donors (Lipinski definition) is 1. The van der Waals surface area contributed by atoms with Crippen molar-refractivity contribution in [1.82, 2.24) is 0 Å². The van der Waals surface area contributed by atoms with E-state index in [0.717, 1.165) is 34.4 Å². The lowest BCUT2D eigenvalue weighted by Crippen LogP contribution is -2.29. The van der Waals surface area contributed by atoms with Crippen molar-refractivity contribution in [2.24, 2.45) is 0 Å². The summed E-state index contributed by atoms with van der Waals surface area (Å²) in [5, 5.41) is 10.3. The number of carbonyl (C=O) groups is 8. The van der Waals surface area contributed by atoms with Crippen LogP contribution in [0, 0.1) is 0 Å². The molecule has 0 heterocycles. The van der Waals surface area contributed by atoms with Gasteiger partial charge < -0.3 is 99.8 Å². The largest absolute Gasteiger partial charge is 0.491 e. The summed E-state index contributed by atoms with van der Waals surface area (Å²) in [6, 6.07) is 52.3. The Bertz CT molecular complexity index is 4340. The summed E-state index contributed by atoms with van der Waals surface area (Å²) in [5.74, 6) is -2.30. The molecular weight excluding hydrogens is 1530 g/mol. The van der Waals surface area contributed by atoms with Crippen molar-refractivity contribution in [3.8, 4) is 56.8 Å². The van der Waals surface area contributed by atoms with Crippen LogP contribution in [0.25, 0.3) is 22.3 Å². The predicted molar refractivity (Wildman–Crippen MR) is 427 cm³/mol. The van der Waals surface area contributed by atoms with Crippen LogP contribution in [-0.2, 0) is 75.9 Å². The van der Waals surface area contributed by atoms with E-state index in [0.29, 0.717) is 118 Å². The third kappa shape index (κ3) is 34.9. The highest BCUT2D eigenvalue weighted by Crippen LogP contribution is 2.28. The van der Waals surface area contributed by atoms with Gasteiger partial charge in [0.1, 0.15) is 74.1 Å². The van der Waals surface area contributed by atoms with E-state index in [4.69, 9.17) is 94.7 Å². The summed E-state index contributed by atoms with van der Waals surface area (Å²) in [7, 11) is 0. The van der Waals surface area contributed by atoms with Gasteiger partial charge in [-0.15, -0.1) is 0 Å². The normalized spacial score (nSPS) is 11.4. The summed E-state index contributed by atoms with van der Waals surface area (Å²) >= 11 is 0. The van der Waals surface area contributed by atoms with Crippen LogP contribution < -0.4 is 28.4 Å². The molecule has 0 aromatic heterocycles. The van der Waals surface area contributed by atoms with E-state index in [1.165, 1.54) is 48.5 Å². The Morgan fingerprint density at radius 2 is 0.475 bits per heavy atom. The second kappa shape index (κ2) is 53.4. The van der Waals surface area contributed by atoms with Crippen molar-refractivity contribution >= 4 is 47.8 Å². The van der Waals surface area contributed by atoms with Gasteiger partial charge in [-0.05, 0) is 181 Å². The van der Waals surface area contributed by atoms with Gasteiger partial charge in [0.15, 0.2) is 0 Å². The molecule has 0 fully saturated rings. The summed E-state index contributed by atoms with van der Waals surface area (Å²) in [6.45, 7) is 14.6. The highest BCUT2D eigenvalue weighted by atomic mass is 16.6. The first-order valence-corrected chi connectivity index (χ1v) is 38.0. The maximum Gasteiger partial charge on any atom is 0.343 e. The average molecular weight is 1630 g/mol. The van der Waals surface area contributed by atoms with Crippen LogP contribution in [0.2, 0.25) is 0 Å². The maximum absolute atomic E-state index is 13.0. The molecule has 2 unspecified atom stereocenters. The topological polar surface area (TPSA) is 341 Å². The molecule has 29 nitrogen and oxygen atoms in total. The SMILES string of the molecule is C=CC(=O)OCCOCCOCCOc1ccc(C(=O)Oc2ccc(C(=O)Oc3ccc(-c4ccc(C(=O)OCCOCCOCCOCCC(OCCOCCOCCOC(=O)c5ccc(-c6ccc(OC(=O)c7ccc(OC(=O)c8ccc(OCCOCCOCCOC(=O)C=C)cc8)cc7)cc6)cc5)C(C)O)cc4)cc3)cc2)cc1. The van der Waals surface area contributed by atoms with Gasteiger partial charge in [0, 0.05) is 18.8 Å². The molecule has 29 heteroatoms. The molecule has 118 heavy (non-hydrogen) atoms. The smallest absolute Gasteiger partial charge is 0.343 e. The zero-order chi connectivity index (χ0) is 83.6. The van der Waals surface area contributed by atoms with Gasteiger partial charge in [-0.25, -0.2) is 38.4 Å².